The fraction of sp³-hybridized carbons (Fsp3) is 0.143. The minimum absolute atomic E-state index is 0.206. The van der Waals surface area contributed by atoms with Crippen LogP contribution in [0.25, 0.3) is 0 Å². The summed E-state index contributed by atoms with van der Waals surface area (Å²) in [6, 6.07) is 8.99. The van der Waals surface area contributed by atoms with Gasteiger partial charge in [-0.25, -0.2) is 4.79 Å². The number of thiophene rings is 1. The fourth-order valence-corrected chi connectivity index (χ4v) is 3.01. The van der Waals surface area contributed by atoms with Gasteiger partial charge in [0.2, 0.25) is 0 Å². The van der Waals surface area contributed by atoms with Gasteiger partial charge < -0.3 is 9.84 Å². The summed E-state index contributed by atoms with van der Waals surface area (Å²) >= 11 is 2.66. The van der Waals surface area contributed by atoms with Gasteiger partial charge in [-0.05, 0) is 17.9 Å². The Morgan fingerprint density at radius 3 is 2.95 bits per heavy atom. The van der Waals surface area contributed by atoms with Crippen LogP contribution in [-0.4, -0.2) is 16.8 Å². The molecule has 2 rings (SSSR count). The summed E-state index contributed by atoms with van der Waals surface area (Å²) in [6.45, 7) is 2.01. The van der Waals surface area contributed by atoms with Crippen LogP contribution in [0.2, 0.25) is 0 Å². The lowest BCUT2D eigenvalue weighted by Crippen LogP contribution is -1.91. The van der Waals surface area contributed by atoms with Gasteiger partial charge in [0.25, 0.3) is 0 Å². The van der Waals surface area contributed by atoms with Gasteiger partial charge in [0, 0.05) is 16.3 Å². The summed E-state index contributed by atoms with van der Waals surface area (Å²) in [5.41, 5.74) is 0.474. The molecule has 1 N–H and O–H groups in total. The molecule has 0 unspecified atom stereocenters. The molecule has 0 aliphatic heterocycles. The van der Waals surface area contributed by atoms with Crippen molar-refractivity contribution in [2.75, 3.05) is 5.75 Å². The Morgan fingerprint density at radius 1 is 1.55 bits per heavy atom. The number of hydrogen-bond donors (Lipinski definition) is 1. The molecule has 1 aromatic heterocycles. The maximum Gasteiger partial charge on any atom is 0.346 e. The quantitative estimate of drug-likeness (QED) is 0.837. The standard InChI is InChI=1S/C14H11NO3S2/c1-2-19-12-5-3-4-11(10(12)7-15)18-9-6-13(14(16)17)20-8-9/h3-6,8H,2H2,1H3,(H,16,17). The van der Waals surface area contributed by atoms with Crippen molar-refractivity contribution >= 4 is 29.1 Å². The normalized spacial score (nSPS) is 10.0. The molecule has 0 atom stereocenters. The minimum Gasteiger partial charge on any atom is -0.477 e. The van der Waals surface area contributed by atoms with Crippen LogP contribution in [0, 0.1) is 11.3 Å². The van der Waals surface area contributed by atoms with Crippen molar-refractivity contribution in [3.63, 3.8) is 0 Å². The van der Waals surface area contributed by atoms with Gasteiger partial charge in [-0.3, -0.25) is 0 Å². The third-order valence-corrected chi connectivity index (χ3v) is 4.25. The van der Waals surface area contributed by atoms with E-state index in [0.29, 0.717) is 17.1 Å². The zero-order valence-electron chi connectivity index (χ0n) is 10.6. The van der Waals surface area contributed by atoms with Gasteiger partial charge in [-0.2, -0.15) is 5.26 Å². The van der Waals surface area contributed by atoms with Crippen molar-refractivity contribution in [2.45, 2.75) is 11.8 Å². The van der Waals surface area contributed by atoms with Gasteiger partial charge in [0.05, 0.1) is 0 Å². The van der Waals surface area contributed by atoms with Gasteiger partial charge in [-0.1, -0.05) is 13.0 Å². The van der Waals surface area contributed by atoms with E-state index in [4.69, 9.17) is 9.84 Å². The first kappa shape index (κ1) is 14.4. The molecule has 0 aliphatic rings. The average molecular weight is 305 g/mol. The van der Waals surface area contributed by atoms with E-state index in [9.17, 15) is 10.1 Å². The second-order valence-corrected chi connectivity index (χ2v) is 5.95. The second kappa shape index (κ2) is 6.46. The van der Waals surface area contributed by atoms with Crippen LogP contribution in [0.15, 0.2) is 34.5 Å². The van der Waals surface area contributed by atoms with Crippen LogP contribution in [0.5, 0.6) is 11.5 Å². The van der Waals surface area contributed by atoms with Crippen molar-refractivity contribution in [3.05, 3.63) is 40.1 Å². The van der Waals surface area contributed by atoms with E-state index >= 15 is 0 Å². The number of rotatable bonds is 5. The van der Waals surface area contributed by atoms with Crippen LogP contribution in [-0.2, 0) is 0 Å². The maximum atomic E-state index is 10.8. The highest BCUT2D eigenvalue weighted by Crippen LogP contribution is 2.33. The Kier molecular flexibility index (Phi) is 4.66. The Bertz CT molecular complexity index is 673. The number of aromatic carboxylic acids is 1. The molecule has 4 nitrogen and oxygen atoms in total. The van der Waals surface area contributed by atoms with Crippen LogP contribution in [0.1, 0.15) is 22.2 Å². The molecule has 2 aromatic rings. The van der Waals surface area contributed by atoms with E-state index in [1.165, 1.54) is 6.07 Å². The Balaban J connectivity index is 2.30. The Labute approximate surface area is 124 Å². The number of carboxylic acid groups (broad SMARTS) is 1. The Hall–Kier alpha value is -1.97. The van der Waals surface area contributed by atoms with Crippen molar-refractivity contribution in [1.82, 2.24) is 0 Å². The molecular formula is C14H11NO3S2. The number of ether oxygens (including phenoxy) is 1. The lowest BCUT2D eigenvalue weighted by Gasteiger charge is -2.08. The topological polar surface area (TPSA) is 70.3 Å². The van der Waals surface area contributed by atoms with Crippen LogP contribution in [0.3, 0.4) is 0 Å². The number of nitrogens with zero attached hydrogens (tertiary/aromatic N) is 1. The number of thioether (sulfide) groups is 1. The number of nitriles is 1. The summed E-state index contributed by atoms with van der Waals surface area (Å²) in [5.74, 6) is 0.753. The summed E-state index contributed by atoms with van der Waals surface area (Å²) in [6.07, 6.45) is 0. The number of hydrogen-bond acceptors (Lipinski definition) is 5. The molecule has 1 heterocycles. The Morgan fingerprint density at radius 2 is 2.35 bits per heavy atom. The summed E-state index contributed by atoms with van der Waals surface area (Å²) in [7, 11) is 0. The van der Waals surface area contributed by atoms with Gasteiger partial charge >= 0.3 is 5.97 Å². The summed E-state index contributed by atoms with van der Waals surface area (Å²) in [5, 5.41) is 19.8. The molecule has 20 heavy (non-hydrogen) atoms. The molecule has 0 fully saturated rings. The van der Waals surface area contributed by atoms with E-state index in [1.54, 1.807) is 23.2 Å². The predicted octanol–water partition coefficient (Wildman–Crippen LogP) is 4.22. The lowest BCUT2D eigenvalue weighted by molar-refractivity contribution is 0.0702. The van der Waals surface area contributed by atoms with Gasteiger partial charge in [-0.15, -0.1) is 23.1 Å². The van der Waals surface area contributed by atoms with Crippen LogP contribution in [0.4, 0.5) is 0 Å². The van der Waals surface area contributed by atoms with Gasteiger partial charge in [0.1, 0.15) is 28.0 Å². The monoisotopic (exact) mass is 305 g/mol. The molecule has 0 bridgehead atoms. The zero-order valence-corrected chi connectivity index (χ0v) is 12.3. The first-order valence-corrected chi connectivity index (χ1v) is 7.67. The zero-order chi connectivity index (χ0) is 14.5. The first-order valence-electron chi connectivity index (χ1n) is 5.81. The molecule has 0 amide bonds. The lowest BCUT2D eigenvalue weighted by atomic mass is 10.2. The highest BCUT2D eigenvalue weighted by atomic mass is 32.2. The molecular weight excluding hydrogens is 294 g/mol. The predicted molar refractivity (Wildman–Crippen MR) is 78.9 cm³/mol. The van der Waals surface area contributed by atoms with Crippen molar-refractivity contribution in [2.24, 2.45) is 0 Å². The maximum absolute atomic E-state index is 10.8. The van der Waals surface area contributed by atoms with Crippen molar-refractivity contribution < 1.29 is 14.6 Å². The van der Waals surface area contributed by atoms with Crippen LogP contribution < -0.4 is 4.74 Å². The molecule has 0 spiro atoms. The molecule has 1 aromatic carbocycles. The second-order valence-electron chi connectivity index (χ2n) is 3.73. The molecule has 6 heteroatoms. The smallest absolute Gasteiger partial charge is 0.346 e. The SMILES string of the molecule is CCSc1cccc(Oc2csc(C(=O)O)c2)c1C#N. The molecule has 0 saturated carbocycles. The van der Waals surface area contributed by atoms with E-state index in [-0.39, 0.29) is 4.88 Å². The average Bonchev–Trinajstić information content (AvgIpc) is 2.88. The molecule has 0 radical (unpaired) electrons. The third-order valence-electron chi connectivity index (χ3n) is 2.41. The molecule has 102 valence electrons. The molecule has 0 saturated heterocycles. The number of benzene rings is 1. The summed E-state index contributed by atoms with van der Waals surface area (Å²) < 4.78 is 5.63. The minimum atomic E-state index is -0.986. The van der Waals surface area contributed by atoms with E-state index in [2.05, 4.69) is 6.07 Å². The number of carbonyl (C=O) groups is 1. The highest BCUT2D eigenvalue weighted by molar-refractivity contribution is 7.99. The fourth-order valence-electron chi connectivity index (χ4n) is 1.59. The van der Waals surface area contributed by atoms with E-state index in [0.717, 1.165) is 22.0 Å². The van der Waals surface area contributed by atoms with Gasteiger partial charge in [0.15, 0.2) is 0 Å². The largest absolute Gasteiger partial charge is 0.477 e. The van der Waals surface area contributed by atoms with Crippen molar-refractivity contribution in [1.29, 1.82) is 5.26 Å². The van der Waals surface area contributed by atoms with Crippen LogP contribution >= 0.6 is 23.1 Å². The highest BCUT2D eigenvalue weighted by Gasteiger charge is 2.12. The first-order chi connectivity index (χ1) is 9.65. The van der Waals surface area contributed by atoms with E-state index < -0.39 is 5.97 Å². The third kappa shape index (κ3) is 3.13. The summed E-state index contributed by atoms with van der Waals surface area (Å²) in [4.78, 5) is 11.9. The van der Waals surface area contributed by atoms with Crippen molar-refractivity contribution in [3.8, 4) is 17.6 Å². The van der Waals surface area contributed by atoms with E-state index in [1.807, 2.05) is 19.1 Å². The molecule has 0 aliphatic carbocycles. The number of carboxylic acids is 1.